The van der Waals surface area contributed by atoms with Crippen molar-refractivity contribution in [3.05, 3.63) is 22.5 Å². The van der Waals surface area contributed by atoms with E-state index in [1.165, 1.54) is 11.4 Å². The topological polar surface area (TPSA) is 55.9 Å². The van der Waals surface area contributed by atoms with Crippen LogP contribution in [0.3, 0.4) is 0 Å². The lowest BCUT2D eigenvalue weighted by atomic mass is 10.1. The molecule has 0 amide bonds. The van der Waals surface area contributed by atoms with Crippen LogP contribution in [0.5, 0.6) is 0 Å². The quantitative estimate of drug-likeness (QED) is 0.603. The van der Waals surface area contributed by atoms with Crippen molar-refractivity contribution < 1.29 is 0 Å². The van der Waals surface area contributed by atoms with Crippen LogP contribution in [0.1, 0.15) is 53.4 Å². The second-order valence-corrected chi connectivity index (χ2v) is 8.26. The van der Waals surface area contributed by atoms with Crippen LogP contribution < -0.4 is 0 Å². The minimum Gasteiger partial charge on any atom is -0.378 e. The fraction of sp³-hybridized carbons (Fsp3) is 0.667. The van der Waals surface area contributed by atoms with Gasteiger partial charge in [-0.25, -0.2) is 0 Å². The monoisotopic (exact) mass is 412 g/mol. The summed E-state index contributed by atoms with van der Waals surface area (Å²) in [5.74, 6) is 0. The van der Waals surface area contributed by atoms with E-state index in [4.69, 9.17) is 20.0 Å². The summed E-state index contributed by atoms with van der Waals surface area (Å²) in [6.45, 7) is 13.8. The third kappa shape index (κ3) is 7.22. The lowest BCUT2D eigenvalue weighted by molar-refractivity contribution is 0.362. The Balaban J connectivity index is 2.49. The van der Waals surface area contributed by atoms with E-state index in [9.17, 15) is 0 Å². The molecule has 0 fully saturated rings. The minimum atomic E-state index is 0.774. The maximum Gasteiger partial charge on any atom is 0.0422 e. The number of aliphatic imine (C=N–C) groups is 4. The predicted octanol–water partition coefficient (Wildman–Crippen LogP) is 4.05. The zero-order chi connectivity index (χ0) is 21.9. The number of fused-ring (bicyclic) bond motifs is 15. The molecular formula is C24H40N6. The van der Waals surface area contributed by atoms with Crippen LogP contribution in [-0.2, 0) is 0 Å². The normalized spacial score (nSPS) is 26.2. The lowest BCUT2D eigenvalue weighted by Crippen LogP contribution is -2.24. The molecule has 6 nitrogen and oxygen atoms in total. The van der Waals surface area contributed by atoms with Crippen LogP contribution in [0.4, 0.5) is 0 Å². The molecule has 0 saturated carbocycles. The minimum absolute atomic E-state index is 0.774. The molecule has 0 radical (unpaired) electrons. The number of rotatable bonds is 0. The van der Waals surface area contributed by atoms with E-state index in [-0.39, 0.29) is 0 Å². The first-order chi connectivity index (χ1) is 14.4. The SMILES string of the molecule is CC1=NCCCN=C(C)/C2=C(\C)N(C)CCCCN(C)/C(C)=C\1C=NCCCN=C2. The van der Waals surface area contributed by atoms with Crippen molar-refractivity contribution >= 4 is 23.9 Å². The number of nitrogens with zero attached hydrogens (tertiary/aromatic N) is 6. The highest BCUT2D eigenvalue weighted by atomic mass is 15.1. The molecule has 30 heavy (non-hydrogen) atoms. The van der Waals surface area contributed by atoms with Crippen LogP contribution in [-0.4, -0.2) is 87.0 Å². The summed E-state index contributed by atoms with van der Waals surface area (Å²) >= 11 is 0. The maximum atomic E-state index is 4.85. The van der Waals surface area contributed by atoms with Crippen molar-refractivity contribution in [2.75, 3.05) is 53.4 Å². The molecule has 3 aliphatic heterocycles. The van der Waals surface area contributed by atoms with Gasteiger partial charge in [-0.15, -0.1) is 0 Å². The van der Waals surface area contributed by atoms with Gasteiger partial charge in [-0.3, -0.25) is 20.0 Å². The molecule has 0 aromatic heterocycles. The summed E-state index contributed by atoms with van der Waals surface area (Å²) < 4.78 is 0. The Kier molecular flexibility index (Phi) is 9.98. The second-order valence-electron chi connectivity index (χ2n) is 8.26. The lowest BCUT2D eigenvalue weighted by Gasteiger charge is -2.25. The summed E-state index contributed by atoms with van der Waals surface area (Å²) in [6.07, 6.45) is 8.19. The third-order valence-corrected chi connectivity index (χ3v) is 5.97. The van der Waals surface area contributed by atoms with Gasteiger partial charge in [0.15, 0.2) is 0 Å². The maximum absolute atomic E-state index is 4.85. The Bertz CT molecular complexity index is 692. The largest absolute Gasteiger partial charge is 0.378 e. The highest BCUT2D eigenvalue weighted by molar-refractivity contribution is 6.16. The Hall–Kier alpha value is -2.24. The van der Waals surface area contributed by atoms with E-state index in [2.05, 4.69) is 51.6 Å². The fourth-order valence-corrected chi connectivity index (χ4v) is 3.64. The molecule has 0 unspecified atom stereocenters. The highest BCUT2D eigenvalue weighted by Crippen LogP contribution is 2.14. The molecule has 0 spiro atoms. The van der Waals surface area contributed by atoms with Crippen LogP contribution in [0, 0.1) is 0 Å². The molecule has 0 aromatic rings. The molecule has 0 saturated heterocycles. The molecule has 166 valence electrons. The zero-order valence-electron chi connectivity index (χ0n) is 19.9. The molecule has 0 N–H and O–H groups in total. The fourth-order valence-electron chi connectivity index (χ4n) is 3.64. The average Bonchev–Trinajstić information content (AvgIpc) is 2.72. The van der Waals surface area contributed by atoms with Gasteiger partial charge in [0, 0.05) is 99.8 Å². The first-order valence-corrected chi connectivity index (χ1v) is 11.3. The van der Waals surface area contributed by atoms with Crippen LogP contribution in [0.25, 0.3) is 0 Å². The molecular weight excluding hydrogens is 372 g/mol. The summed E-state index contributed by atoms with van der Waals surface area (Å²) in [5.41, 5.74) is 6.91. The number of hydrogen-bond donors (Lipinski definition) is 0. The van der Waals surface area contributed by atoms with E-state index < -0.39 is 0 Å². The second kappa shape index (κ2) is 12.5. The molecule has 6 heteroatoms. The van der Waals surface area contributed by atoms with E-state index in [0.717, 1.165) is 87.5 Å². The standard InChI is InChI=1S/C24H40N6/c1-19-23-17-25-11-9-12-26-18-24(20(2)28-14-10-13-27-19)22(4)30(6)16-8-7-15-29(5)21(23)3/h17-18H,7-16H2,1-6H3/b23-21-,24-22+,25-17?,26-18?,27-19?,28-20?. The van der Waals surface area contributed by atoms with E-state index in [0.29, 0.717) is 0 Å². The first-order valence-electron chi connectivity index (χ1n) is 11.3. The van der Waals surface area contributed by atoms with Gasteiger partial charge in [-0.1, -0.05) is 0 Å². The molecule has 3 rings (SSSR count). The van der Waals surface area contributed by atoms with Gasteiger partial charge in [-0.2, -0.15) is 0 Å². The summed E-state index contributed by atoms with van der Waals surface area (Å²) in [4.78, 5) is 23.8. The molecule has 2 bridgehead atoms. The van der Waals surface area contributed by atoms with Gasteiger partial charge < -0.3 is 9.80 Å². The van der Waals surface area contributed by atoms with Crippen molar-refractivity contribution in [2.24, 2.45) is 20.0 Å². The van der Waals surface area contributed by atoms with Gasteiger partial charge in [0.25, 0.3) is 0 Å². The van der Waals surface area contributed by atoms with E-state index in [1.54, 1.807) is 0 Å². The van der Waals surface area contributed by atoms with Crippen LogP contribution in [0.2, 0.25) is 0 Å². The number of allylic oxidation sites excluding steroid dienone is 4. The van der Waals surface area contributed by atoms with Crippen molar-refractivity contribution in [1.29, 1.82) is 0 Å². The van der Waals surface area contributed by atoms with Crippen molar-refractivity contribution in [3.63, 3.8) is 0 Å². The summed E-state index contributed by atoms with van der Waals surface area (Å²) in [5, 5.41) is 0. The Labute approximate surface area is 183 Å². The zero-order valence-corrected chi connectivity index (χ0v) is 19.9. The van der Waals surface area contributed by atoms with E-state index in [1.807, 2.05) is 12.4 Å². The molecule has 0 aromatic carbocycles. The van der Waals surface area contributed by atoms with Gasteiger partial charge in [0.1, 0.15) is 0 Å². The van der Waals surface area contributed by atoms with Crippen molar-refractivity contribution in [2.45, 2.75) is 53.4 Å². The summed E-state index contributed by atoms with van der Waals surface area (Å²) in [7, 11) is 4.35. The van der Waals surface area contributed by atoms with Crippen LogP contribution >= 0.6 is 0 Å². The Morgan fingerprint density at radius 3 is 1.43 bits per heavy atom. The Morgan fingerprint density at radius 2 is 1.00 bits per heavy atom. The van der Waals surface area contributed by atoms with Crippen LogP contribution in [0.15, 0.2) is 42.5 Å². The van der Waals surface area contributed by atoms with Crippen molar-refractivity contribution in [3.8, 4) is 0 Å². The summed E-state index contributed by atoms with van der Waals surface area (Å²) in [6, 6.07) is 0. The highest BCUT2D eigenvalue weighted by Gasteiger charge is 2.12. The van der Waals surface area contributed by atoms with Gasteiger partial charge in [-0.05, 0) is 53.4 Å². The van der Waals surface area contributed by atoms with Gasteiger partial charge >= 0.3 is 0 Å². The smallest absolute Gasteiger partial charge is 0.0422 e. The molecule has 3 heterocycles. The Morgan fingerprint density at radius 1 is 0.600 bits per heavy atom. The number of hydrogen-bond acceptors (Lipinski definition) is 6. The first kappa shape index (κ1) is 24.0. The average molecular weight is 413 g/mol. The third-order valence-electron chi connectivity index (χ3n) is 5.97. The van der Waals surface area contributed by atoms with Crippen molar-refractivity contribution in [1.82, 2.24) is 9.80 Å². The molecule has 3 aliphatic rings. The van der Waals surface area contributed by atoms with Gasteiger partial charge in [0.05, 0.1) is 0 Å². The van der Waals surface area contributed by atoms with Gasteiger partial charge in [0.2, 0.25) is 0 Å². The molecule has 0 atom stereocenters. The predicted molar refractivity (Wildman–Crippen MR) is 132 cm³/mol. The molecule has 0 aliphatic carbocycles. The van der Waals surface area contributed by atoms with E-state index >= 15 is 0 Å².